The molecule has 0 spiro atoms. The number of rotatable bonds is 6. The number of carboxylic acid groups (broad SMARTS) is 1. The molecule has 1 unspecified atom stereocenters. The summed E-state index contributed by atoms with van der Waals surface area (Å²) in [4.78, 5) is 33.8. The average molecular weight is 262 g/mol. The smallest absolute Gasteiger partial charge is 0.334 e. The van der Waals surface area contributed by atoms with Crippen molar-refractivity contribution in [3.05, 3.63) is 0 Å². The van der Waals surface area contributed by atoms with Gasteiger partial charge in [0.1, 0.15) is 0 Å². The second kappa shape index (κ2) is 8.12. The van der Waals surface area contributed by atoms with Gasteiger partial charge in [-0.3, -0.25) is 0 Å². The Labute approximate surface area is 104 Å². The third kappa shape index (κ3) is 7.28. The van der Waals surface area contributed by atoms with Gasteiger partial charge in [-0.05, 0) is 0 Å². The van der Waals surface area contributed by atoms with Gasteiger partial charge in [-0.25, -0.2) is 14.4 Å². The number of aliphatic hydroxyl groups is 1. The van der Waals surface area contributed by atoms with Gasteiger partial charge in [-0.2, -0.15) is 0 Å². The van der Waals surface area contributed by atoms with E-state index in [1.165, 1.54) is 4.90 Å². The Morgan fingerprint density at radius 3 is 2.17 bits per heavy atom. The van der Waals surface area contributed by atoms with Crippen LogP contribution in [0.1, 0.15) is 0 Å². The molecular weight excluding hydrogens is 244 g/mol. The van der Waals surface area contributed by atoms with Crippen molar-refractivity contribution in [1.29, 1.82) is 0 Å². The lowest BCUT2D eigenvalue weighted by molar-refractivity contribution is -0.146. The number of urea groups is 2. The summed E-state index contributed by atoms with van der Waals surface area (Å²) in [5.74, 6) is -1.41. The largest absolute Gasteiger partial charge is 0.479 e. The molecule has 0 aromatic rings. The van der Waals surface area contributed by atoms with E-state index in [0.29, 0.717) is 0 Å². The van der Waals surface area contributed by atoms with Crippen LogP contribution in [0.5, 0.6) is 0 Å². The zero-order valence-electron chi connectivity index (χ0n) is 10.3. The third-order valence-electron chi connectivity index (χ3n) is 1.83. The minimum atomic E-state index is -1.64. The molecule has 0 aromatic heterocycles. The van der Waals surface area contributed by atoms with Gasteiger partial charge in [0.25, 0.3) is 0 Å². The molecule has 0 fully saturated rings. The predicted octanol–water partition coefficient (Wildman–Crippen LogP) is -2.00. The van der Waals surface area contributed by atoms with E-state index < -0.39 is 18.1 Å². The lowest BCUT2D eigenvalue weighted by Crippen LogP contribution is -2.45. The fourth-order valence-electron chi connectivity index (χ4n) is 0.843. The van der Waals surface area contributed by atoms with Crippen LogP contribution in [0, 0.1) is 0 Å². The molecule has 0 aliphatic rings. The molecule has 0 saturated heterocycles. The summed E-state index contributed by atoms with van der Waals surface area (Å²) in [7, 11) is 3.17. The van der Waals surface area contributed by atoms with Crippen LogP contribution >= 0.6 is 0 Å². The molecule has 0 rings (SSSR count). The molecule has 104 valence electrons. The van der Waals surface area contributed by atoms with Gasteiger partial charge in [0.05, 0.1) is 6.54 Å². The zero-order valence-corrected chi connectivity index (χ0v) is 10.3. The van der Waals surface area contributed by atoms with Gasteiger partial charge in [-0.1, -0.05) is 0 Å². The fraction of sp³-hybridized carbons (Fsp3) is 0.667. The van der Waals surface area contributed by atoms with Crippen LogP contribution in [0.15, 0.2) is 0 Å². The van der Waals surface area contributed by atoms with Crippen molar-refractivity contribution in [2.75, 3.05) is 33.7 Å². The number of hydrogen-bond acceptors (Lipinski definition) is 4. The Hall–Kier alpha value is -2.03. The molecule has 0 saturated carbocycles. The lowest BCUT2D eigenvalue weighted by Gasteiger charge is -2.12. The third-order valence-corrected chi connectivity index (χ3v) is 1.83. The summed E-state index contributed by atoms with van der Waals surface area (Å²) in [6, 6.07) is -0.895. The fourth-order valence-corrected chi connectivity index (χ4v) is 0.843. The van der Waals surface area contributed by atoms with E-state index in [1.54, 1.807) is 14.1 Å². The number of nitrogens with zero attached hydrogens (tertiary/aromatic N) is 1. The molecule has 0 aliphatic heterocycles. The summed E-state index contributed by atoms with van der Waals surface area (Å²) in [6.07, 6.45) is -1.64. The number of hydrogen-bond donors (Lipinski definition) is 5. The Kier molecular flexibility index (Phi) is 7.20. The highest BCUT2D eigenvalue weighted by atomic mass is 16.4. The zero-order chi connectivity index (χ0) is 14.1. The standard InChI is InChI=1S/C9H18N4O5/c1-13(2)9(18)11-4-3-10-8(17)12-5-6(14)7(15)16/h6,14H,3-5H2,1-2H3,(H,11,18)(H,15,16)(H2,10,12,17). The number of aliphatic carboxylic acids is 1. The van der Waals surface area contributed by atoms with Crippen LogP contribution in [0.3, 0.4) is 0 Å². The maximum Gasteiger partial charge on any atom is 0.334 e. The molecule has 1 atom stereocenters. The maximum absolute atomic E-state index is 11.1. The molecule has 0 aromatic carbocycles. The number of carbonyl (C=O) groups is 3. The van der Waals surface area contributed by atoms with E-state index in [-0.39, 0.29) is 25.7 Å². The summed E-state index contributed by atoms with van der Waals surface area (Å²) in [5, 5.41) is 24.3. The summed E-state index contributed by atoms with van der Waals surface area (Å²) < 4.78 is 0. The van der Waals surface area contributed by atoms with Crippen molar-refractivity contribution in [2.45, 2.75) is 6.10 Å². The number of aliphatic hydroxyl groups excluding tert-OH is 1. The lowest BCUT2D eigenvalue weighted by atomic mass is 10.4. The number of carbonyl (C=O) groups excluding carboxylic acids is 2. The molecule has 9 heteroatoms. The van der Waals surface area contributed by atoms with Crippen LogP contribution in [0.25, 0.3) is 0 Å². The predicted molar refractivity (Wildman–Crippen MR) is 62.1 cm³/mol. The Morgan fingerprint density at radius 1 is 1.11 bits per heavy atom. The number of nitrogens with one attached hydrogen (secondary N) is 3. The van der Waals surface area contributed by atoms with Gasteiger partial charge in [-0.15, -0.1) is 0 Å². The highest BCUT2D eigenvalue weighted by Crippen LogP contribution is 1.79. The van der Waals surface area contributed by atoms with E-state index in [2.05, 4.69) is 16.0 Å². The van der Waals surface area contributed by atoms with Gasteiger partial charge < -0.3 is 31.1 Å². The van der Waals surface area contributed by atoms with Crippen molar-refractivity contribution in [2.24, 2.45) is 0 Å². The molecule has 9 nitrogen and oxygen atoms in total. The topological polar surface area (TPSA) is 131 Å². The highest BCUT2D eigenvalue weighted by molar-refractivity contribution is 5.76. The van der Waals surface area contributed by atoms with Gasteiger partial charge >= 0.3 is 18.0 Å². The van der Waals surface area contributed by atoms with E-state index in [9.17, 15) is 14.4 Å². The first kappa shape index (κ1) is 16.0. The molecule has 18 heavy (non-hydrogen) atoms. The maximum atomic E-state index is 11.1. The summed E-state index contributed by atoms with van der Waals surface area (Å²) >= 11 is 0. The number of carboxylic acids is 1. The molecule has 0 bridgehead atoms. The first-order chi connectivity index (χ1) is 8.34. The van der Waals surface area contributed by atoms with Crippen molar-refractivity contribution in [1.82, 2.24) is 20.9 Å². The van der Waals surface area contributed by atoms with Gasteiger partial charge in [0.15, 0.2) is 6.10 Å². The molecule has 0 radical (unpaired) electrons. The monoisotopic (exact) mass is 262 g/mol. The summed E-state index contributed by atoms with van der Waals surface area (Å²) in [6.45, 7) is 0.0473. The van der Waals surface area contributed by atoms with E-state index >= 15 is 0 Å². The molecule has 0 heterocycles. The minimum Gasteiger partial charge on any atom is -0.479 e. The van der Waals surface area contributed by atoms with Crippen molar-refractivity contribution in [3.63, 3.8) is 0 Å². The van der Waals surface area contributed by atoms with E-state index in [0.717, 1.165) is 0 Å². The van der Waals surface area contributed by atoms with Crippen molar-refractivity contribution in [3.8, 4) is 0 Å². The van der Waals surface area contributed by atoms with Crippen LogP contribution in [-0.2, 0) is 4.79 Å². The molecular formula is C9H18N4O5. The van der Waals surface area contributed by atoms with E-state index in [1.807, 2.05) is 0 Å². The SMILES string of the molecule is CN(C)C(=O)NCCNC(=O)NCC(O)C(=O)O. The van der Waals surface area contributed by atoms with Crippen LogP contribution in [0.4, 0.5) is 9.59 Å². The van der Waals surface area contributed by atoms with Crippen LogP contribution in [-0.4, -0.2) is 73.0 Å². The number of amides is 4. The van der Waals surface area contributed by atoms with Crippen LogP contribution in [0.2, 0.25) is 0 Å². The Bertz CT molecular complexity index is 307. The highest BCUT2D eigenvalue weighted by Gasteiger charge is 2.13. The van der Waals surface area contributed by atoms with Crippen LogP contribution < -0.4 is 16.0 Å². The Balaban J connectivity index is 3.60. The average Bonchev–Trinajstić information content (AvgIpc) is 2.30. The van der Waals surface area contributed by atoms with E-state index in [4.69, 9.17) is 10.2 Å². The van der Waals surface area contributed by atoms with Crippen molar-refractivity contribution < 1.29 is 24.6 Å². The van der Waals surface area contributed by atoms with Gasteiger partial charge in [0.2, 0.25) is 0 Å². The molecule has 4 amide bonds. The first-order valence-corrected chi connectivity index (χ1v) is 5.22. The Morgan fingerprint density at radius 2 is 1.67 bits per heavy atom. The second-order valence-electron chi connectivity index (χ2n) is 3.62. The molecule has 5 N–H and O–H groups in total. The van der Waals surface area contributed by atoms with Crippen molar-refractivity contribution >= 4 is 18.0 Å². The first-order valence-electron chi connectivity index (χ1n) is 5.22. The normalized spacial score (nSPS) is 11.3. The second-order valence-corrected chi connectivity index (χ2v) is 3.62. The molecule has 0 aliphatic carbocycles. The van der Waals surface area contributed by atoms with Gasteiger partial charge in [0, 0.05) is 27.2 Å². The quantitative estimate of drug-likeness (QED) is 0.353. The summed E-state index contributed by atoms with van der Waals surface area (Å²) in [5.41, 5.74) is 0. The minimum absolute atomic E-state index is 0.189.